The second-order valence-corrected chi connectivity index (χ2v) is 3.16. The Morgan fingerprint density at radius 3 is 2.32 bits per heavy atom. The fraction of sp³-hybridized carbons (Fsp3) is 0.200. The third-order valence-corrected chi connectivity index (χ3v) is 2.01. The van der Waals surface area contributed by atoms with Crippen molar-refractivity contribution in [3.63, 3.8) is 0 Å². The minimum Gasteiger partial charge on any atom is -0.478 e. The van der Waals surface area contributed by atoms with Crippen LogP contribution in [0.3, 0.4) is 0 Å². The van der Waals surface area contributed by atoms with Crippen LogP contribution in [0.15, 0.2) is 12.1 Å². The first-order valence-electron chi connectivity index (χ1n) is 4.51. The molecule has 1 rings (SSSR count). The Balaban J connectivity index is 3.61. The van der Waals surface area contributed by atoms with E-state index in [2.05, 4.69) is 4.74 Å². The Morgan fingerprint density at radius 2 is 1.95 bits per heavy atom. The van der Waals surface area contributed by atoms with Crippen LogP contribution >= 0.6 is 0 Å². The van der Waals surface area contributed by atoms with Crippen LogP contribution in [0.5, 0.6) is 5.75 Å². The van der Waals surface area contributed by atoms with Crippen LogP contribution in [0.2, 0.25) is 0 Å². The fourth-order valence-electron chi connectivity index (χ4n) is 1.31. The lowest BCUT2D eigenvalue weighted by atomic mass is 10.0. The number of nitriles is 1. The van der Waals surface area contributed by atoms with E-state index < -0.39 is 41.2 Å². The minimum atomic E-state index is -5.06. The summed E-state index contributed by atoms with van der Waals surface area (Å²) in [4.78, 5) is 10.7. The smallest absolute Gasteiger partial charge is 0.420 e. The second kappa shape index (κ2) is 5.09. The molecule has 0 aliphatic heterocycles. The molecule has 1 N–H and O–H groups in total. The number of carboxylic acids is 1. The van der Waals surface area contributed by atoms with Crippen molar-refractivity contribution < 1.29 is 36.6 Å². The topological polar surface area (TPSA) is 70.3 Å². The molecule has 1 aromatic carbocycles. The molecule has 0 amide bonds. The maximum atomic E-state index is 12.6. The number of aromatic carboxylic acids is 1. The zero-order chi connectivity index (χ0) is 14.8. The molecular formula is C10H4F5NO3. The quantitative estimate of drug-likeness (QED) is 0.865. The van der Waals surface area contributed by atoms with Crippen molar-refractivity contribution in [1.29, 1.82) is 5.26 Å². The van der Waals surface area contributed by atoms with Crippen LogP contribution in [-0.4, -0.2) is 17.7 Å². The highest BCUT2D eigenvalue weighted by Gasteiger charge is 2.37. The molecular weight excluding hydrogens is 277 g/mol. The maximum absolute atomic E-state index is 12.6. The summed E-state index contributed by atoms with van der Waals surface area (Å²) in [6, 6.07) is 1.89. The molecule has 0 spiro atoms. The maximum Gasteiger partial charge on any atom is 0.420 e. The fourth-order valence-corrected chi connectivity index (χ4v) is 1.31. The highest BCUT2D eigenvalue weighted by Crippen LogP contribution is 2.39. The summed E-state index contributed by atoms with van der Waals surface area (Å²) >= 11 is 0. The van der Waals surface area contributed by atoms with E-state index in [1.54, 1.807) is 0 Å². The number of ether oxygens (including phenoxy) is 1. The SMILES string of the molecule is N#Cc1c(C(=O)O)ccc(C(F)(F)F)c1OC(F)F. The molecule has 0 aliphatic rings. The predicted octanol–water partition coefficient (Wildman–Crippen LogP) is 2.88. The molecule has 102 valence electrons. The summed E-state index contributed by atoms with van der Waals surface area (Å²) in [5.74, 6) is -3.23. The van der Waals surface area contributed by atoms with E-state index in [1.165, 1.54) is 0 Å². The van der Waals surface area contributed by atoms with Crippen molar-refractivity contribution in [2.24, 2.45) is 0 Å². The van der Waals surface area contributed by atoms with E-state index in [9.17, 15) is 26.7 Å². The van der Waals surface area contributed by atoms with Gasteiger partial charge in [-0.25, -0.2) is 4.79 Å². The molecule has 0 bridgehead atoms. The van der Waals surface area contributed by atoms with Gasteiger partial charge in [0.25, 0.3) is 0 Å². The summed E-state index contributed by atoms with van der Waals surface area (Å²) in [6.45, 7) is -3.63. The van der Waals surface area contributed by atoms with Gasteiger partial charge in [-0.2, -0.15) is 27.2 Å². The molecule has 0 atom stereocenters. The largest absolute Gasteiger partial charge is 0.478 e. The molecule has 0 aromatic heterocycles. The number of carboxylic acid groups (broad SMARTS) is 1. The molecule has 0 fully saturated rings. The summed E-state index contributed by atoms with van der Waals surface area (Å²) in [5, 5.41) is 17.3. The molecule has 0 saturated carbocycles. The van der Waals surface area contributed by atoms with Gasteiger partial charge in [0.2, 0.25) is 0 Å². The van der Waals surface area contributed by atoms with Crippen LogP contribution < -0.4 is 4.74 Å². The Kier molecular flexibility index (Phi) is 3.94. The highest BCUT2D eigenvalue weighted by molar-refractivity contribution is 5.92. The number of rotatable bonds is 3. The second-order valence-electron chi connectivity index (χ2n) is 3.16. The molecule has 0 unspecified atom stereocenters. The van der Waals surface area contributed by atoms with Gasteiger partial charge in [-0.1, -0.05) is 0 Å². The van der Waals surface area contributed by atoms with Gasteiger partial charge >= 0.3 is 18.8 Å². The van der Waals surface area contributed by atoms with Gasteiger partial charge in [0.1, 0.15) is 11.6 Å². The van der Waals surface area contributed by atoms with Crippen LogP contribution in [0.1, 0.15) is 21.5 Å². The first kappa shape index (κ1) is 14.7. The van der Waals surface area contributed by atoms with E-state index in [1.807, 2.05) is 0 Å². The molecule has 4 nitrogen and oxygen atoms in total. The number of benzene rings is 1. The lowest BCUT2D eigenvalue weighted by Gasteiger charge is -2.15. The van der Waals surface area contributed by atoms with Crippen LogP contribution in [0.25, 0.3) is 0 Å². The lowest BCUT2D eigenvalue weighted by Crippen LogP contribution is -2.15. The van der Waals surface area contributed by atoms with Crippen molar-refractivity contribution in [2.45, 2.75) is 12.8 Å². The van der Waals surface area contributed by atoms with Crippen molar-refractivity contribution in [3.05, 3.63) is 28.8 Å². The minimum absolute atomic E-state index is 0.266. The van der Waals surface area contributed by atoms with Gasteiger partial charge in [-0.05, 0) is 12.1 Å². The first-order valence-corrected chi connectivity index (χ1v) is 4.51. The normalized spacial score (nSPS) is 11.2. The molecule has 0 heterocycles. The predicted molar refractivity (Wildman–Crippen MR) is 49.8 cm³/mol. The van der Waals surface area contributed by atoms with Gasteiger partial charge in [0, 0.05) is 0 Å². The van der Waals surface area contributed by atoms with Gasteiger partial charge in [-0.15, -0.1) is 0 Å². The van der Waals surface area contributed by atoms with Crippen LogP contribution in [0, 0.1) is 11.3 Å². The Bertz CT molecular complexity index is 547. The van der Waals surface area contributed by atoms with Crippen molar-refractivity contribution in [2.75, 3.05) is 0 Å². The number of hydrogen-bond acceptors (Lipinski definition) is 3. The number of hydrogen-bond donors (Lipinski definition) is 1. The highest BCUT2D eigenvalue weighted by atomic mass is 19.4. The Hall–Kier alpha value is -2.37. The molecule has 0 saturated heterocycles. The van der Waals surface area contributed by atoms with E-state index in [-0.39, 0.29) is 6.07 Å². The summed E-state index contributed by atoms with van der Waals surface area (Å²) in [5.41, 5.74) is -3.61. The standard InChI is InChI=1S/C10H4F5NO3/c11-9(12)19-7-5(3-16)4(8(17)18)1-2-6(7)10(13,14)15/h1-2,9H,(H,17,18). The molecule has 0 aliphatic carbocycles. The van der Waals surface area contributed by atoms with E-state index in [0.717, 1.165) is 6.07 Å². The average Bonchev–Trinajstić information content (AvgIpc) is 2.25. The van der Waals surface area contributed by atoms with Crippen LogP contribution in [-0.2, 0) is 6.18 Å². The Morgan fingerprint density at radius 1 is 1.37 bits per heavy atom. The monoisotopic (exact) mass is 281 g/mol. The van der Waals surface area contributed by atoms with Gasteiger partial charge in [-0.3, -0.25) is 0 Å². The van der Waals surface area contributed by atoms with Crippen molar-refractivity contribution in [1.82, 2.24) is 0 Å². The third-order valence-electron chi connectivity index (χ3n) is 2.01. The van der Waals surface area contributed by atoms with Gasteiger partial charge in [0.15, 0.2) is 5.75 Å². The summed E-state index contributed by atoms with van der Waals surface area (Å²) in [6.07, 6.45) is -5.06. The van der Waals surface area contributed by atoms with Gasteiger partial charge < -0.3 is 9.84 Å². The zero-order valence-electron chi connectivity index (χ0n) is 8.83. The third kappa shape index (κ3) is 3.09. The van der Waals surface area contributed by atoms with E-state index >= 15 is 0 Å². The summed E-state index contributed by atoms with van der Waals surface area (Å²) < 4.78 is 65.5. The number of alkyl halides is 5. The molecule has 1 aromatic rings. The van der Waals surface area contributed by atoms with E-state index in [4.69, 9.17) is 10.4 Å². The molecule has 19 heavy (non-hydrogen) atoms. The molecule has 9 heteroatoms. The van der Waals surface area contributed by atoms with E-state index in [0.29, 0.717) is 6.07 Å². The average molecular weight is 281 g/mol. The summed E-state index contributed by atoms with van der Waals surface area (Å²) in [7, 11) is 0. The number of nitrogens with zero attached hydrogens (tertiary/aromatic N) is 1. The number of halogens is 5. The first-order chi connectivity index (χ1) is 8.68. The van der Waals surface area contributed by atoms with Crippen molar-refractivity contribution in [3.8, 4) is 11.8 Å². The zero-order valence-corrected chi connectivity index (χ0v) is 8.83. The lowest BCUT2D eigenvalue weighted by molar-refractivity contribution is -0.141. The molecule has 0 radical (unpaired) electrons. The Labute approximate surface area is 102 Å². The van der Waals surface area contributed by atoms with Crippen LogP contribution in [0.4, 0.5) is 22.0 Å². The van der Waals surface area contributed by atoms with Gasteiger partial charge in [0.05, 0.1) is 11.1 Å². The van der Waals surface area contributed by atoms with Crippen molar-refractivity contribution >= 4 is 5.97 Å². The number of carbonyl (C=O) groups is 1.